The molecule has 0 saturated heterocycles. The van der Waals surface area contributed by atoms with Crippen LogP contribution in [0.15, 0.2) is 6.33 Å². The summed E-state index contributed by atoms with van der Waals surface area (Å²) in [6, 6.07) is 0. The molecule has 1 aliphatic rings. The molecule has 0 fully saturated rings. The Labute approximate surface area is 86.7 Å². The molecule has 1 atom stereocenters. The topological polar surface area (TPSA) is 54.9 Å². The molecule has 2 rings (SSSR count). The Balaban J connectivity index is 2.51. The van der Waals surface area contributed by atoms with Crippen molar-refractivity contribution in [1.82, 2.24) is 9.97 Å². The lowest BCUT2D eigenvalue weighted by atomic mass is 9.91. The smallest absolute Gasteiger partial charge is 0.226 e. The van der Waals surface area contributed by atoms with Crippen molar-refractivity contribution in [1.29, 1.82) is 0 Å². The first-order chi connectivity index (χ1) is 6.72. The number of nitrogens with zero attached hydrogens (tertiary/aromatic N) is 2. The maximum absolute atomic E-state index is 11.3. The van der Waals surface area contributed by atoms with E-state index in [1.165, 1.54) is 6.33 Å². The van der Waals surface area contributed by atoms with Gasteiger partial charge in [0.15, 0.2) is 0 Å². The van der Waals surface area contributed by atoms with E-state index in [0.717, 1.165) is 12.0 Å². The summed E-state index contributed by atoms with van der Waals surface area (Å²) in [6.07, 6.45) is 2.70. The van der Waals surface area contributed by atoms with Crippen LogP contribution in [-0.2, 0) is 4.79 Å². The van der Waals surface area contributed by atoms with Crippen LogP contribution in [0, 0.1) is 0 Å². The number of fused-ring (bicyclic) bond motifs is 1. The predicted octanol–water partition coefficient (Wildman–Crippen LogP) is 1.97. The van der Waals surface area contributed by atoms with Crippen LogP contribution in [-0.4, -0.2) is 15.9 Å². The highest BCUT2D eigenvalue weighted by Crippen LogP contribution is 2.36. The molecule has 1 amide bonds. The summed E-state index contributed by atoms with van der Waals surface area (Å²) in [7, 11) is 0. The summed E-state index contributed by atoms with van der Waals surface area (Å²) in [4.78, 5) is 19.2. The third kappa shape index (κ3) is 1.46. The van der Waals surface area contributed by atoms with Crippen molar-refractivity contribution in [2.24, 2.45) is 0 Å². The van der Waals surface area contributed by atoms with Crippen LogP contribution in [0.25, 0.3) is 0 Å². The number of rotatable bonds is 1. The van der Waals surface area contributed by atoms with Gasteiger partial charge in [0.05, 0.1) is 0 Å². The van der Waals surface area contributed by atoms with Gasteiger partial charge >= 0.3 is 0 Å². The van der Waals surface area contributed by atoms with E-state index in [1.807, 2.05) is 6.92 Å². The van der Waals surface area contributed by atoms with Crippen LogP contribution < -0.4 is 5.32 Å². The van der Waals surface area contributed by atoms with Gasteiger partial charge in [-0.05, 0) is 12.3 Å². The van der Waals surface area contributed by atoms with Crippen LogP contribution in [0.4, 0.5) is 5.82 Å². The molecular weight excluding hydrogens is 202 g/mol. The molecule has 0 spiro atoms. The Kier molecular flexibility index (Phi) is 2.37. The summed E-state index contributed by atoms with van der Waals surface area (Å²) >= 11 is 5.96. The molecule has 0 saturated carbocycles. The van der Waals surface area contributed by atoms with E-state index >= 15 is 0 Å². The minimum Gasteiger partial charge on any atom is -0.310 e. The molecule has 1 aromatic rings. The number of carbonyl (C=O) groups is 1. The maximum Gasteiger partial charge on any atom is 0.226 e. The molecule has 1 N–H and O–H groups in total. The first kappa shape index (κ1) is 9.40. The number of nitrogens with one attached hydrogen (secondary N) is 1. The van der Waals surface area contributed by atoms with Crippen molar-refractivity contribution in [3.05, 3.63) is 17.0 Å². The minimum atomic E-state index is -0.000818. The fourth-order valence-electron chi connectivity index (χ4n) is 1.69. The molecule has 0 bridgehead atoms. The van der Waals surface area contributed by atoms with Crippen molar-refractivity contribution in [2.45, 2.75) is 25.7 Å². The average molecular weight is 212 g/mol. The van der Waals surface area contributed by atoms with Crippen LogP contribution in [0.5, 0.6) is 0 Å². The van der Waals surface area contributed by atoms with Gasteiger partial charge in [-0.2, -0.15) is 0 Å². The van der Waals surface area contributed by atoms with Gasteiger partial charge in [0.2, 0.25) is 5.91 Å². The zero-order valence-electron chi connectivity index (χ0n) is 7.75. The SMILES string of the molecule is CCC1CC(=O)Nc2ncnc(Cl)c21. The number of hydrogen-bond donors (Lipinski definition) is 1. The maximum atomic E-state index is 11.3. The Morgan fingerprint density at radius 2 is 2.43 bits per heavy atom. The molecule has 2 heterocycles. The van der Waals surface area contributed by atoms with Gasteiger partial charge in [-0.25, -0.2) is 9.97 Å². The Hall–Kier alpha value is -1.16. The highest BCUT2D eigenvalue weighted by atomic mass is 35.5. The Bertz CT molecular complexity index is 380. The molecule has 0 aliphatic carbocycles. The average Bonchev–Trinajstić information content (AvgIpc) is 2.16. The number of halogens is 1. The van der Waals surface area contributed by atoms with E-state index in [2.05, 4.69) is 15.3 Å². The van der Waals surface area contributed by atoms with Crippen molar-refractivity contribution < 1.29 is 4.79 Å². The molecule has 1 aliphatic heterocycles. The first-order valence-electron chi connectivity index (χ1n) is 4.52. The summed E-state index contributed by atoms with van der Waals surface area (Å²) < 4.78 is 0. The van der Waals surface area contributed by atoms with E-state index in [0.29, 0.717) is 17.4 Å². The van der Waals surface area contributed by atoms with Gasteiger partial charge in [-0.1, -0.05) is 18.5 Å². The van der Waals surface area contributed by atoms with Crippen molar-refractivity contribution >= 4 is 23.3 Å². The zero-order chi connectivity index (χ0) is 10.1. The monoisotopic (exact) mass is 211 g/mol. The van der Waals surface area contributed by atoms with Crippen LogP contribution in [0.2, 0.25) is 5.15 Å². The van der Waals surface area contributed by atoms with Crippen molar-refractivity contribution in [3.8, 4) is 0 Å². The molecule has 1 aromatic heterocycles. The first-order valence-corrected chi connectivity index (χ1v) is 4.90. The van der Waals surface area contributed by atoms with Crippen molar-refractivity contribution in [2.75, 3.05) is 5.32 Å². The lowest BCUT2D eigenvalue weighted by molar-refractivity contribution is -0.116. The second-order valence-electron chi connectivity index (χ2n) is 3.28. The molecule has 0 aromatic carbocycles. The molecule has 4 nitrogen and oxygen atoms in total. The Morgan fingerprint density at radius 3 is 3.14 bits per heavy atom. The van der Waals surface area contributed by atoms with E-state index in [9.17, 15) is 4.79 Å². The lowest BCUT2D eigenvalue weighted by Gasteiger charge is -2.23. The van der Waals surface area contributed by atoms with E-state index in [4.69, 9.17) is 11.6 Å². The number of anilines is 1. The van der Waals surface area contributed by atoms with Crippen LogP contribution in [0.3, 0.4) is 0 Å². The molecule has 14 heavy (non-hydrogen) atoms. The van der Waals surface area contributed by atoms with Gasteiger partial charge in [-0.15, -0.1) is 0 Å². The molecule has 5 heteroatoms. The van der Waals surface area contributed by atoms with Crippen LogP contribution in [0.1, 0.15) is 31.2 Å². The van der Waals surface area contributed by atoms with Gasteiger partial charge in [-0.3, -0.25) is 4.79 Å². The largest absolute Gasteiger partial charge is 0.310 e. The molecule has 1 unspecified atom stereocenters. The van der Waals surface area contributed by atoms with E-state index < -0.39 is 0 Å². The van der Waals surface area contributed by atoms with Gasteiger partial charge in [0, 0.05) is 12.0 Å². The highest BCUT2D eigenvalue weighted by Gasteiger charge is 2.27. The number of amides is 1. The number of hydrogen-bond acceptors (Lipinski definition) is 3. The quantitative estimate of drug-likeness (QED) is 0.723. The molecule has 74 valence electrons. The normalized spacial score (nSPS) is 20.1. The van der Waals surface area contributed by atoms with Crippen LogP contribution >= 0.6 is 11.6 Å². The number of carbonyl (C=O) groups excluding carboxylic acids is 1. The second kappa shape index (κ2) is 3.53. The van der Waals surface area contributed by atoms with E-state index in [1.54, 1.807) is 0 Å². The molecule has 0 radical (unpaired) electrons. The van der Waals surface area contributed by atoms with Crippen molar-refractivity contribution in [3.63, 3.8) is 0 Å². The van der Waals surface area contributed by atoms with Gasteiger partial charge in [0.25, 0.3) is 0 Å². The standard InChI is InChI=1S/C9H10ClN3O/c1-2-5-3-6(14)13-9-7(5)8(10)11-4-12-9/h4-5H,2-3H2,1H3,(H,11,12,13,14). The van der Waals surface area contributed by atoms with Gasteiger partial charge < -0.3 is 5.32 Å². The number of aromatic nitrogens is 2. The summed E-state index contributed by atoms with van der Waals surface area (Å²) in [5.41, 5.74) is 0.872. The third-order valence-corrected chi connectivity index (χ3v) is 2.73. The fraction of sp³-hybridized carbons (Fsp3) is 0.444. The summed E-state index contributed by atoms with van der Waals surface area (Å²) in [6.45, 7) is 2.02. The Morgan fingerprint density at radius 1 is 1.64 bits per heavy atom. The van der Waals surface area contributed by atoms with E-state index in [-0.39, 0.29) is 11.8 Å². The zero-order valence-corrected chi connectivity index (χ0v) is 8.51. The predicted molar refractivity (Wildman–Crippen MR) is 53.3 cm³/mol. The fourth-order valence-corrected chi connectivity index (χ4v) is 1.98. The minimum absolute atomic E-state index is 0.000818. The highest BCUT2D eigenvalue weighted by molar-refractivity contribution is 6.30. The third-order valence-electron chi connectivity index (χ3n) is 2.43. The second-order valence-corrected chi connectivity index (χ2v) is 3.64. The van der Waals surface area contributed by atoms with Gasteiger partial charge in [0.1, 0.15) is 17.3 Å². The summed E-state index contributed by atoms with van der Waals surface area (Å²) in [5, 5.41) is 3.14. The molecular formula is C9H10ClN3O. The lowest BCUT2D eigenvalue weighted by Crippen LogP contribution is -2.24. The summed E-state index contributed by atoms with van der Waals surface area (Å²) in [5.74, 6) is 0.708.